The zero-order chi connectivity index (χ0) is 14.2. The second-order valence-corrected chi connectivity index (χ2v) is 6.27. The maximum absolute atomic E-state index is 9.54. The van der Waals surface area contributed by atoms with Gasteiger partial charge in [0.25, 0.3) is 0 Å². The first-order chi connectivity index (χ1) is 9.78. The molecule has 1 saturated carbocycles. The Bertz CT molecular complexity index is 397. The van der Waals surface area contributed by atoms with Crippen molar-refractivity contribution < 1.29 is 5.11 Å². The van der Waals surface area contributed by atoms with Gasteiger partial charge in [-0.1, -0.05) is 6.07 Å². The molecular formula is C15H25N3OS. The highest BCUT2D eigenvalue weighted by atomic mass is 32.1. The summed E-state index contributed by atoms with van der Waals surface area (Å²) >= 11 is 1.79. The van der Waals surface area contributed by atoms with E-state index < -0.39 is 0 Å². The van der Waals surface area contributed by atoms with Crippen LogP contribution >= 0.6 is 11.3 Å². The molecule has 1 aliphatic rings. The zero-order valence-corrected chi connectivity index (χ0v) is 13.0. The molecule has 3 N–H and O–H groups in total. The molecule has 0 unspecified atom stereocenters. The molecule has 1 aromatic heterocycles. The Morgan fingerprint density at radius 3 is 2.85 bits per heavy atom. The van der Waals surface area contributed by atoms with E-state index in [1.165, 1.54) is 4.88 Å². The molecule has 0 bridgehead atoms. The third kappa shape index (κ3) is 5.13. The summed E-state index contributed by atoms with van der Waals surface area (Å²) in [7, 11) is 0. The first kappa shape index (κ1) is 15.3. The molecule has 2 rings (SSSR count). The van der Waals surface area contributed by atoms with Gasteiger partial charge in [0.15, 0.2) is 5.96 Å². The molecule has 112 valence electrons. The summed E-state index contributed by atoms with van der Waals surface area (Å²) < 4.78 is 0. The van der Waals surface area contributed by atoms with Crippen LogP contribution in [0.1, 0.15) is 37.5 Å². The Morgan fingerprint density at radius 1 is 1.40 bits per heavy atom. The lowest BCUT2D eigenvalue weighted by molar-refractivity contribution is 0.120. The van der Waals surface area contributed by atoms with E-state index in [1.807, 2.05) is 0 Å². The number of thiophene rings is 1. The number of hydrogen-bond donors (Lipinski definition) is 3. The Balaban J connectivity index is 1.79. The molecule has 0 aromatic carbocycles. The highest BCUT2D eigenvalue weighted by Gasteiger charge is 2.19. The summed E-state index contributed by atoms with van der Waals surface area (Å²) in [4.78, 5) is 6.02. The number of aliphatic imine (C=N–C) groups is 1. The summed E-state index contributed by atoms with van der Waals surface area (Å²) in [5, 5.41) is 18.4. The first-order valence-corrected chi connectivity index (χ1v) is 8.41. The van der Waals surface area contributed by atoms with Crippen molar-refractivity contribution in [1.29, 1.82) is 0 Å². The van der Waals surface area contributed by atoms with Gasteiger partial charge >= 0.3 is 0 Å². The Kier molecular flexibility index (Phi) is 6.33. The van der Waals surface area contributed by atoms with Crippen LogP contribution in [-0.2, 0) is 6.42 Å². The van der Waals surface area contributed by atoms with Crippen molar-refractivity contribution in [2.45, 2.75) is 51.2 Å². The van der Waals surface area contributed by atoms with Crippen LogP contribution in [0.4, 0.5) is 0 Å². The van der Waals surface area contributed by atoms with Crippen molar-refractivity contribution in [2.75, 3.05) is 13.1 Å². The molecule has 1 heterocycles. The summed E-state index contributed by atoms with van der Waals surface area (Å²) in [5.41, 5.74) is 0. The van der Waals surface area contributed by atoms with Gasteiger partial charge in [-0.3, -0.25) is 4.99 Å². The molecule has 0 saturated heterocycles. The minimum absolute atomic E-state index is 0.105. The van der Waals surface area contributed by atoms with Gasteiger partial charge in [-0.15, -0.1) is 11.3 Å². The van der Waals surface area contributed by atoms with Crippen LogP contribution in [0.15, 0.2) is 22.5 Å². The monoisotopic (exact) mass is 295 g/mol. The molecule has 1 aliphatic carbocycles. The lowest BCUT2D eigenvalue weighted by atomic mass is 9.93. The van der Waals surface area contributed by atoms with Gasteiger partial charge in [0, 0.05) is 30.4 Å². The molecule has 0 aliphatic heterocycles. The molecule has 20 heavy (non-hydrogen) atoms. The van der Waals surface area contributed by atoms with Gasteiger partial charge in [0.05, 0.1) is 6.10 Å². The molecule has 0 radical (unpaired) electrons. The van der Waals surface area contributed by atoms with Crippen LogP contribution in [0.3, 0.4) is 0 Å². The fraction of sp³-hybridized carbons (Fsp3) is 0.667. The van der Waals surface area contributed by atoms with Crippen molar-refractivity contribution in [1.82, 2.24) is 10.6 Å². The molecule has 0 spiro atoms. The smallest absolute Gasteiger partial charge is 0.191 e. The topological polar surface area (TPSA) is 56.7 Å². The number of hydrogen-bond acceptors (Lipinski definition) is 3. The Morgan fingerprint density at radius 2 is 2.20 bits per heavy atom. The molecular weight excluding hydrogens is 270 g/mol. The van der Waals surface area contributed by atoms with Crippen LogP contribution < -0.4 is 10.6 Å². The molecule has 1 fully saturated rings. The maximum atomic E-state index is 9.54. The predicted molar refractivity (Wildman–Crippen MR) is 85.4 cm³/mol. The molecule has 0 atom stereocenters. The molecule has 5 heteroatoms. The molecule has 0 amide bonds. The van der Waals surface area contributed by atoms with Gasteiger partial charge in [-0.2, -0.15) is 0 Å². The van der Waals surface area contributed by atoms with Crippen molar-refractivity contribution in [2.24, 2.45) is 4.99 Å². The fourth-order valence-electron chi connectivity index (χ4n) is 2.47. The normalized spacial score (nSPS) is 23.6. The van der Waals surface area contributed by atoms with Crippen LogP contribution in [0.25, 0.3) is 0 Å². The third-order valence-electron chi connectivity index (χ3n) is 3.59. The molecule has 4 nitrogen and oxygen atoms in total. The average Bonchev–Trinajstić information content (AvgIpc) is 2.95. The number of nitrogens with one attached hydrogen (secondary N) is 2. The minimum atomic E-state index is -0.105. The SMILES string of the molecule is CCNC(=NCCc1cccs1)NC1CCC(O)CC1. The Labute approximate surface area is 125 Å². The third-order valence-corrected chi connectivity index (χ3v) is 4.53. The summed E-state index contributed by atoms with van der Waals surface area (Å²) in [6, 6.07) is 4.68. The van der Waals surface area contributed by atoms with Gasteiger partial charge in [0.1, 0.15) is 0 Å². The lowest BCUT2D eigenvalue weighted by Gasteiger charge is -2.27. The highest BCUT2D eigenvalue weighted by molar-refractivity contribution is 7.09. The van der Waals surface area contributed by atoms with Crippen molar-refractivity contribution in [3.05, 3.63) is 22.4 Å². The number of aliphatic hydroxyl groups is 1. The van der Waals surface area contributed by atoms with Crippen molar-refractivity contribution in [3.63, 3.8) is 0 Å². The van der Waals surface area contributed by atoms with E-state index in [-0.39, 0.29) is 6.10 Å². The van der Waals surface area contributed by atoms with E-state index in [0.29, 0.717) is 6.04 Å². The van der Waals surface area contributed by atoms with Gasteiger partial charge in [0.2, 0.25) is 0 Å². The van der Waals surface area contributed by atoms with Crippen molar-refractivity contribution >= 4 is 17.3 Å². The molecule has 1 aromatic rings. The van der Waals surface area contributed by atoms with Gasteiger partial charge in [-0.05, 0) is 44.1 Å². The lowest BCUT2D eigenvalue weighted by Crippen LogP contribution is -2.45. The highest BCUT2D eigenvalue weighted by Crippen LogP contribution is 2.18. The average molecular weight is 295 g/mol. The minimum Gasteiger partial charge on any atom is -0.393 e. The van der Waals surface area contributed by atoms with Crippen LogP contribution in [0, 0.1) is 0 Å². The fourth-order valence-corrected chi connectivity index (χ4v) is 3.16. The number of rotatable bonds is 5. The second-order valence-electron chi connectivity index (χ2n) is 5.24. The zero-order valence-electron chi connectivity index (χ0n) is 12.1. The van der Waals surface area contributed by atoms with E-state index >= 15 is 0 Å². The first-order valence-electron chi connectivity index (χ1n) is 7.53. The van der Waals surface area contributed by atoms with E-state index in [2.05, 4.69) is 40.1 Å². The second kappa shape index (κ2) is 8.27. The summed E-state index contributed by atoms with van der Waals surface area (Å²) in [6.45, 7) is 3.77. The van der Waals surface area contributed by atoms with Crippen LogP contribution in [-0.4, -0.2) is 36.3 Å². The van der Waals surface area contributed by atoms with Crippen LogP contribution in [0.2, 0.25) is 0 Å². The van der Waals surface area contributed by atoms with E-state index in [1.54, 1.807) is 11.3 Å². The van der Waals surface area contributed by atoms with Gasteiger partial charge in [-0.25, -0.2) is 0 Å². The van der Waals surface area contributed by atoms with Crippen molar-refractivity contribution in [3.8, 4) is 0 Å². The predicted octanol–water partition coefficient (Wildman–Crippen LogP) is 2.15. The quantitative estimate of drug-likeness (QED) is 0.576. The summed E-state index contributed by atoms with van der Waals surface area (Å²) in [6.07, 6.45) is 4.73. The standard InChI is InChI=1S/C15H25N3OS/c1-2-16-15(17-10-9-14-4-3-11-20-14)18-12-5-7-13(19)8-6-12/h3-4,11-13,19H,2,5-10H2,1H3,(H2,16,17,18). The van der Waals surface area contributed by atoms with Gasteiger partial charge < -0.3 is 15.7 Å². The summed E-state index contributed by atoms with van der Waals surface area (Å²) in [5.74, 6) is 0.908. The van der Waals surface area contributed by atoms with E-state index in [9.17, 15) is 5.11 Å². The number of nitrogens with zero attached hydrogens (tertiary/aromatic N) is 1. The Hall–Kier alpha value is -1.07. The number of guanidine groups is 1. The maximum Gasteiger partial charge on any atom is 0.191 e. The largest absolute Gasteiger partial charge is 0.393 e. The van der Waals surface area contributed by atoms with E-state index in [0.717, 1.165) is 51.2 Å². The van der Waals surface area contributed by atoms with Crippen LogP contribution in [0.5, 0.6) is 0 Å². The van der Waals surface area contributed by atoms with E-state index in [4.69, 9.17) is 0 Å². The number of aliphatic hydroxyl groups excluding tert-OH is 1.